The summed E-state index contributed by atoms with van der Waals surface area (Å²) in [5.74, 6) is 0. The normalized spacial score (nSPS) is 10.8. The molecule has 0 aliphatic carbocycles. The molecule has 0 radical (unpaired) electrons. The highest BCUT2D eigenvalue weighted by atomic mass is 15.3. The summed E-state index contributed by atoms with van der Waals surface area (Å²) in [6.45, 7) is 1.45. The molecular weight excluding hydrogens is 190 g/mol. The van der Waals surface area contributed by atoms with Gasteiger partial charge >= 0.3 is 0 Å². The lowest BCUT2D eigenvalue weighted by Crippen LogP contribution is -2.11. The van der Waals surface area contributed by atoms with E-state index in [4.69, 9.17) is 5.73 Å². The number of hydrogen-bond acceptors (Lipinski definition) is 3. The average Bonchev–Trinajstić information content (AvgIpc) is 2.80. The zero-order chi connectivity index (χ0) is 10.7. The maximum atomic E-state index is 5.53. The zero-order valence-electron chi connectivity index (χ0n) is 8.80. The first-order valence-corrected chi connectivity index (χ1v) is 4.97. The molecule has 2 N–H and O–H groups in total. The standard InChI is InChI=1S/C10H15N5/c1-14-10(3-5-13-14)7-15-8-12-6-9(15)2-4-11/h3,5-6,8H,2,4,7,11H2,1H3. The first-order valence-electron chi connectivity index (χ1n) is 4.97. The van der Waals surface area contributed by atoms with Gasteiger partial charge in [0.15, 0.2) is 0 Å². The van der Waals surface area contributed by atoms with Crippen LogP contribution in [0.3, 0.4) is 0 Å². The Hall–Kier alpha value is -1.62. The third kappa shape index (κ3) is 2.07. The molecule has 2 rings (SSSR count). The third-order valence-corrected chi connectivity index (χ3v) is 2.45. The lowest BCUT2D eigenvalue weighted by molar-refractivity contribution is 0.648. The Bertz CT molecular complexity index is 428. The summed E-state index contributed by atoms with van der Waals surface area (Å²) >= 11 is 0. The fourth-order valence-corrected chi connectivity index (χ4v) is 1.58. The van der Waals surface area contributed by atoms with E-state index in [2.05, 4.69) is 14.6 Å². The number of hydrogen-bond donors (Lipinski definition) is 1. The van der Waals surface area contributed by atoms with E-state index in [1.165, 1.54) is 5.69 Å². The summed E-state index contributed by atoms with van der Waals surface area (Å²) in [5, 5.41) is 4.13. The number of nitrogens with zero attached hydrogens (tertiary/aromatic N) is 4. The van der Waals surface area contributed by atoms with Crippen LogP contribution >= 0.6 is 0 Å². The molecular formula is C10H15N5. The number of imidazole rings is 1. The molecule has 2 heterocycles. The Morgan fingerprint density at radius 3 is 2.93 bits per heavy atom. The molecule has 80 valence electrons. The monoisotopic (exact) mass is 205 g/mol. The maximum Gasteiger partial charge on any atom is 0.0951 e. The van der Waals surface area contributed by atoms with E-state index in [1.54, 1.807) is 6.20 Å². The Labute approximate surface area is 88.5 Å². The predicted molar refractivity (Wildman–Crippen MR) is 57.3 cm³/mol. The van der Waals surface area contributed by atoms with E-state index in [1.807, 2.05) is 30.3 Å². The van der Waals surface area contributed by atoms with Crippen molar-refractivity contribution in [2.75, 3.05) is 6.54 Å². The number of rotatable bonds is 4. The molecule has 0 saturated heterocycles. The van der Waals surface area contributed by atoms with Crippen molar-refractivity contribution in [1.29, 1.82) is 0 Å². The van der Waals surface area contributed by atoms with Crippen LogP contribution < -0.4 is 5.73 Å². The Kier molecular flexibility index (Phi) is 2.82. The van der Waals surface area contributed by atoms with Gasteiger partial charge < -0.3 is 10.3 Å². The summed E-state index contributed by atoms with van der Waals surface area (Å²) in [6, 6.07) is 2.01. The minimum absolute atomic E-state index is 0.650. The van der Waals surface area contributed by atoms with E-state index in [9.17, 15) is 0 Å². The van der Waals surface area contributed by atoms with Crippen molar-refractivity contribution in [2.24, 2.45) is 12.8 Å². The Morgan fingerprint density at radius 2 is 2.27 bits per heavy atom. The van der Waals surface area contributed by atoms with Gasteiger partial charge in [-0.2, -0.15) is 5.10 Å². The molecule has 15 heavy (non-hydrogen) atoms. The molecule has 0 saturated carbocycles. The second-order valence-corrected chi connectivity index (χ2v) is 3.50. The molecule has 0 amide bonds. The molecule has 0 unspecified atom stereocenters. The highest BCUT2D eigenvalue weighted by Gasteiger charge is 2.04. The topological polar surface area (TPSA) is 61.7 Å². The summed E-state index contributed by atoms with van der Waals surface area (Å²) in [4.78, 5) is 4.13. The van der Waals surface area contributed by atoms with Gasteiger partial charge in [-0.25, -0.2) is 4.98 Å². The SMILES string of the molecule is Cn1nccc1Cn1cncc1CCN. The van der Waals surface area contributed by atoms with Crippen LogP contribution in [0.5, 0.6) is 0 Å². The predicted octanol–water partition coefficient (Wildman–Crippen LogP) is 0.166. The molecule has 0 bridgehead atoms. The molecule has 0 aromatic carbocycles. The van der Waals surface area contributed by atoms with E-state index in [-0.39, 0.29) is 0 Å². The second kappa shape index (κ2) is 4.27. The molecule has 2 aromatic heterocycles. The maximum absolute atomic E-state index is 5.53. The van der Waals surface area contributed by atoms with Crippen molar-refractivity contribution in [3.63, 3.8) is 0 Å². The lowest BCUT2D eigenvalue weighted by Gasteiger charge is -2.07. The van der Waals surface area contributed by atoms with E-state index in [0.717, 1.165) is 18.7 Å². The van der Waals surface area contributed by atoms with Crippen molar-refractivity contribution in [3.8, 4) is 0 Å². The van der Waals surface area contributed by atoms with Crippen molar-refractivity contribution in [3.05, 3.63) is 36.2 Å². The van der Waals surface area contributed by atoms with Crippen molar-refractivity contribution >= 4 is 0 Å². The Balaban J connectivity index is 2.17. The number of nitrogens with two attached hydrogens (primary N) is 1. The highest BCUT2D eigenvalue weighted by molar-refractivity contribution is 5.06. The Morgan fingerprint density at radius 1 is 1.40 bits per heavy atom. The van der Waals surface area contributed by atoms with Crippen LogP contribution in [0.2, 0.25) is 0 Å². The molecule has 5 nitrogen and oxygen atoms in total. The van der Waals surface area contributed by atoms with Crippen molar-refractivity contribution < 1.29 is 0 Å². The lowest BCUT2D eigenvalue weighted by atomic mass is 10.3. The van der Waals surface area contributed by atoms with Crippen LogP contribution in [-0.4, -0.2) is 25.9 Å². The van der Waals surface area contributed by atoms with Gasteiger partial charge in [0.2, 0.25) is 0 Å². The molecule has 0 fully saturated rings. The fourth-order valence-electron chi connectivity index (χ4n) is 1.58. The van der Waals surface area contributed by atoms with Gasteiger partial charge in [-0.1, -0.05) is 0 Å². The van der Waals surface area contributed by atoms with Crippen LogP contribution in [0.1, 0.15) is 11.4 Å². The first kappa shape index (κ1) is 9.92. The van der Waals surface area contributed by atoms with Crippen LogP contribution in [0.4, 0.5) is 0 Å². The van der Waals surface area contributed by atoms with Crippen LogP contribution in [0.25, 0.3) is 0 Å². The molecule has 0 aliphatic heterocycles. The molecule has 0 atom stereocenters. The smallest absolute Gasteiger partial charge is 0.0951 e. The summed E-state index contributed by atoms with van der Waals surface area (Å²) < 4.78 is 3.97. The third-order valence-electron chi connectivity index (χ3n) is 2.45. The van der Waals surface area contributed by atoms with E-state index < -0.39 is 0 Å². The largest absolute Gasteiger partial charge is 0.330 e. The van der Waals surface area contributed by atoms with Gasteiger partial charge in [-0.05, 0) is 12.6 Å². The second-order valence-electron chi connectivity index (χ2n) is 3.50. The fraction of sp³-hybridized carbons (Fsp3) is 0.400. The minimum atomic E-state index is 0.650. The quantitative estimate of drug-likeness (QED) is 0.773. The average molecular weight is 205 g/mol. The van der Waals surface area contributed by atoms with Crippen LogP contribution in [-0.2, 0) is 20.0 Å². The molecule has 5 heteroatoms. The summed E-state index contributed by atoms with van der Waals surface area (Å²) in [6.07, 6.45) is 6.36. The van der Waals surface area contributed by atoms with Gasteiger partial charge in [0, 0.05) is 31.6 Å². The summed E-state index contributed by atoms with van der Waals surface area (Å²) in [5.41, 5.74) is 7.86. The molecule has 0 aliphatic rings. The number of aromatic nitrogens is 4. The van der Waals surface area contributed by atoms with E-state index >= 15 is 0 Å². The first-order chi connectivity index (χ1) is 7.31. The van der Waals surface area contributed by atoms with Gasteiger partial charge in [-0.3, -0.25) is 4.68 Å². The zero-order valence-corrected chi connectivity index (χ0v) is 8.80. The minimum Gasteiger partial charge on any atom is -0.330 e. The highest BCUT2D eigenvalue weighted by Crippen LogP contribution is 2.05. The van der Waals surface area contributed by atoms with E-state index in [0.29, 0.717) is 6.54 Å². The van der Waals surface area contributed by atoms with Crippen molar-refractivity contribution in [1.82, 2.24) is 19.3 Å². The van der Waals surface area contributed by atoms with Gasteiger partial charge in [0.05, 0.1) is 18.6 Å². The van der Waals surface area contributed by atoms with Gasteiger partial charge in [-0.15, -0.1) is 0 Å². The van der Waals surface area contributed by atoms with Crippen molar-refractivity contribution in [2.45, 2.75) is 13.0 Å². The van der Waals surface area contributed by atoms with Crippen LogP contribution in [0, 0.1) is 0 Å². The molecule has 0 spiro atoms. The van der Waals surface area contributed by atoms with Gasteiger partial charge in [0.1, 0.15) is 0 Å². The van der Waals surface area contributed by atoms with Crippen LogP contribution in [0.15, 0.2) is 24.8 Å². The number of aryl methyl sites for hydroxylation is 1. The molecule has 2 aromatic rings. The summed E-state index contributed by atoms with van der Waals surface area (Å²) in [7, 11) is 1.94. The van der Waals surface area contributed by atoms with Gasteiger partial charge in [0.25, 0.3) is 0 Å².